The minimum Gasteiger partial charge on any atom is -0.468 e. The summed E-state index contributed by atoms with van der Waals surface area (Å²) in [6.07, 6.45) is -4.32. The molecule has 0 spiro atoms. The molecule has 0 N–H and O–H groups in total. The van der Waals surface area contributed by atoms with Crippen molar-refractivity contribution in [3.63, 3.8) is 0 Å². The third-order valence-electron chi connectivity index (χ3n) is 1.39. The van der Waals surface area contributed by atoms with E-state index in [1.165, 1.54) is 0 Å². The van der Waals surface area contributed by atoms with E-state index in [4.69, 9.17) is 4.74 Å². The molecule has 0 aromatic heterocycles. The van der Waals surface area contributed by atoms with Crippen molar-refractivity contribution in [2.75, 3.05) is 13.4 Å². The Hall–Kier alpha value is -0.750. The molecule has 15 heavy (non-hydrogen) atoms. The highest BCUT2D eigenvalue weighted by atomic mass is 79.9. The molecule has 1 aromatic rings. The second-order valence-electron chi connectivity index (χ2n) is 2.68. The molecule has 0 amide bonds. The minimum atomic E-state index is -4.32. The fourth-order valence-electron chi connectivity index (χ4n) is 0.798. The quantitative estimate of drug-likeness (QED) is 0.624. The van der Waals surface area contributed by atoms with E-state index in [-0.39, 0.29) is 0 Å². The first kappa shape index (κ1) is 12.3. The Morgan fingerprint density at radius 3 is 2.27 bits per heavy atom. The van der Waals surface area contributed by atoms with Crippen molar-refractivity contribution < 1.29 is 22.6 Å². The van der Waals surface area contributed by atoms with Crippen molar-refractivity contribution in [1.82, 2.24) is 0 Å². The molecule has 84 valence electrons. The van der Waals surface area contributed by atoms with Crippen molar-refractivity contribution >= 4 is 15.9 Å². The van der Waals surface area contributed by atoms with Crippen LogP contribution in [0.1, 0.15) is 0 Å². The molecule has 1 aromatic carbocycles. The van der Waals surface area contributed by atoms with Crippen molar-refractivity contribution in [2.24, 2.45) is 0 Å². The number of halogens is 4. The van der Waals surface area contributed by atoms with Crippen LogP contribution in [0.3, 0.4) is 0 Å². The predicted octanol–water partition coefficient (Wildman–Crippen LogP) is 3.36. The van der Waals surface area contributed by atoms with Gasteiger partial charge in [0.1, 0.15) is 12.4 Å². The van der Waals surface area contributed by atoms with Gasteiger partial charge in [0.15, 0.2) is 6.79 Å². The van der Waals surface area contributed by atoms with E-state index in [2.05, 4.69) is 20.7 Å². The summed E-state index contributed by atoms with van der Waals surface area (Å²) in [4.78, 5) is 0. The number of hydrogen-bond donors (Lipinski definition) is 0. The molecular weight excluding hydrogens is 277 g/mol. The van der Waals surface area contributed by atoms with Gasteiger partial charge in [-0.15, -0.1) is 0 Å². The van der Waals surface area contributed by atoms with E-state index in [1.54, 1.807) is 24.3 Å². The lowest BCUT2D eigenvalue weighted by Crippen LogP contribution is -2.19. The summed E-state index contributed by atoms with van der Waals surface area (Å²) in [5, 5.41) is 0. The zero-order valence-electron chi connectivity index (χ0n) is 7.55. The number of ether oxygens (including phenoxy) is 2. The fraction of sp³-hybridized carbons (Fsp3) is 0.333. The lowest BCUT2D eigenvalue weighted by atomic mass is 10.3. The Bertz CT molecular complexity index is 297. The lowest BCUT2D eigenvalue weighted by Gasteiger charge is -2.09. The second-order valence-corrected chi connectivity index (χ2v) is 3.60. The van der Waals surface area contributed by atoms with Gasteiger partial charge in [-0.05, 0) is 24.3 Å². The third-order valence-corrected chi connectivity index (χ3v) is 1.92. The van der Waals surface area contributed by atoms with Crippen LogP contribution in [0.5, 0.6) is 5.75 Å². The molecule has 0 unspecified atom stereocenters. The molecule has 0 heterocycles. The Morgan fingerprint density at radius 1 is 1.13 bits per heavy atom. The van der Waals surface area contributed by atoms with E-state index >= 15 is 0 Å². The van der Waals surface area contributed by atoms with E-state index in [0.29, 0.717) is 5.75 Å². The average molecular weight is 285 g/mol. The molecule has 0 aliphatic rings. The molecule has 1 rings (SSSR count). The first-order valence-electron chi connectivity index (χ1n) is 4.00. The van der Waals surface area contributed by atoms with Gasteiger partial charge >= 0.3 is 6.18 Å². The third kappa shape index (κ3) is 5.64. The van der Waals surface area contributed by atoms with Crippen LogP contribution < -0.4 is 4.74 Å². The monoisotopic (exact) mass is 284 g/mol. The minimum absolute atomic E-state index is 0.416. The Kier molecular flexibility index (Phi) is 4.41. The summed E-state index contributed by atoms with van der Waals surface area (Å²) >= 11 is 3.22. The Balaban J connectivity index is 2.23. The maximum absolute atomic E-state index is 11.6. The molecule has 0 saturated heterocycles. The van der Waals surface area contributed by atoms with Crippen LogP contribution in [-0.4, -0.2) is 19.6 Å². The van der Waals surface area contributed by atoms with Gasteiger partial charge in [0.2, 0.25) is 0 Å². The molecular formula is C9H8BrF3O2. The van der Waals surface area contributed by atoms with Crippen molar-refractivity contribution in [3.8, 4) is 5.75 Å². The molecule has 0 atom stereocenters. The zero-order valence-corrected chi connectivity index (χ0v) is 9.14. The van der Waals surface area contributed by atoms with Crippen LogP contribution >= 0.6 is 15.9 Å². The summed E-state index contributed by atoms with van der Waals surface area (Å²) < 4.78 is 45.0. The smallest absolute Gasteiger partial charge is 0.411 e. The van der Waals surface area contributed by atoms with E-state index < -0.39 is 19.6 Å². The van der Waals surface area contributed by atoms with Gasteiger partial charge in [-0.3, -0.25) is 0 Å². The van der Waals surface area contributed by atoms with Crippen molar-refractivity contribution in [1.29, 1.82) is 0 Å². The maximum Gasteiger partial charge on any atom is 0.411 e. The summed E-state index contributed by atoms with van der Waals surface area (Å²) in [7, 11) is 0. The number of benzene rings is 1. The molecule has 0 bridgehead atoms. The normalized spacial score (nSPS) is 11.5. The van der Waals surface area contributed by atoms with Gasteiger partial charge in [0.05, 0.1) is 0 Å². The van der Waals surface area contributed by atoms with Gasteiger partial charge in [-0.1, -0.05) is 15.9 Å². The summed E-state index contributed by atoms with van der Waals surface area (Å²) in [5.74, 6) is 0.459. The maximum atomic E-state index is 11.6. The van der Waals surface area contributed by atoms with E-state index in [9.17, 15) is 13.2 Å². The highest BCUT2D eigenvalue weighted by Crippen LogP contribution is 2.17. The predicted molar refractivity (Wildman–Crippen MR) is 51.6 cm³/mol. The van der Waals surface area contributed by atoms with Gasteiger partial charge in [-0.2, -0.15) is 13.2 Å². The molecule has 2 nitrogen and oxygen atoms in total. The molecule has 0 aliphatic heterocycles. The average Bonchev–Trinajstić information content (AvgIpc) is 2.14. The topological polar surface area (TPSA) is 18.5 Å². The van der Waals surface area contributed by atoms with Crippen LogP contribution in [0.4, 0.5) is 13.2 Å². The van der Waals surface area contributed by atoms with E-state index in [0.717, 1.165) is 4.47 Å². The SMILES string of the molecule is FC(F)(F)COCOc1ccc(Br)cc1. The van der Waals surface area contributed by atoms with Crippen molar-refractivity contribution in [2.45, 2.75) is 6.18 Å². The first-order valence-corrected chi connectivity index (χ1v) is 4.79. The highest BCUT2D eigenvalue weighted by Gasteiger charge is 2.27. The van der Waals surface area contributed by atoms with Crippen LogP contribution in [0.2, 0.25) is 0 Å². The highest BCUT2D eigenvalue weighted by molar-refractivity contribution is 9.10. The zero-order chi connectivity index (χ0) is 11.3. The Labute approximate surface area is 93.1 Å². The van der Waals surface area contributed by atoms with Crippen LogP contribution in [0, 0.1) is 0 Å². The first-order chi connectivity index (χ1) is 6.97. The van der Waals surface area contributed by atoms with E-state index in [1.807, 2.05) is 0 Å². The molecule has 6 heteroatoms. The number of hydrogen-bond acceptors (Lipinski definition) is 2. The summed E-state index contributed by atoms with van der Waals surface area (Å²) in [5.41, 5.74) is 0. The molecule has 0 fully saturated rings. The Morgan fingerprint density at radius 2 is 1.73 bits per heavy atom. The summed E-state index contributed by atoms with van der Waals surface area (Å²) in [6.45, 7) is -1.72. The van der Waals surface area contributed by atoms with Gasteiger partial charge in [-0.25, -0.2) is 0 Å². The van der Waals surface area contributed by atoms with Crippen LogP contribution in [0.15, 0.2) is 28.7 Å². The summed E-state index contributed by atoms with van der Waals surface area (Å²) in [6, 6.07) is 6.69. The fourth-order valence-corrected chi connectivity index (χ4v) is 1.06. The lowest BCUT2D eigenvalue weighted by molar-refractivity contribution is -0.186. The molecule has 0 saturated carbocycles. The van der Waals surface area contributed by atoms with Gasteiger partial charge in [0, 0.05) is 4.47 Å². The second kappa shape index (κ2) is 5.37. The van der Waals surface area contributed by atoms with Gasteiger partial charge in [0.25, 0.3) is 0 Å². The largest absolute Gasteiger partial charge is 0.468 e. The van der Waals surface area contributed by atoms with Crippen molar-refractivity contribution in [3.05, 3.63) is 28.7 Å². The molecule has 0 radical (unpaired) electrons. The van der Waals surface area contributed by atoms with Crippen LogP contribution in [-0.2, 0) is 4.74 Å². The molecule has 0 aliphatic carbocycles. The van der Waals surface area contributed by atoms with Crippen LogP contribution in [0.25, 0.3) is 0 Å². The number of rotatable bonds is 4. The van der Waals surface area contributed by atoms with Gasteiger partial charge < -0.3 is 9.47 Å². The number of alkyl halides is 3. The standard InChI is InChI=1S/C9H8BrF3O2/c10-7-1-3-8(4-2-7)15-6-14-5-9(11,12)13/h1-4H,5-6H2.